The van der Waals surface area contributed by atoms with Gasteiger partial charge in [-0.2, -0.15) is 0 Å². The van der Waals surface area contributed by atoms with Gasteiger partial charge in [0.15, 0.2) is 5.79 Å². The van der Waals surface area contributed by atoms with E-state index in [1.165, 1.54) is 0 Å². The van der Waals surface area contributed by atoms with Crippen molar-refractivity contribution in [2.45, 2.75) is 12.7 Å². The average molecular weight is 136 g/mol. The number of nitrogens with two attached hydrogens (primary N) is 3. The summed E-state index contributed by atoms with van der Waals surface area (Å²) in [4.78, 5) is 0. The Morgan fingerprint density at radius 1 is 1.25 bits per heavy atom. The first-order valence-corrected chi connectivity index (χ1v) is 1.87. The minimum atomic E-state index is -1.31. The van der Waals surface area contributed by atoms with Gasteiger partial charge in [-0.05, 0) is 12.8 Å². The van der Waals surface area contributed by atoms with Crippen molar-refractivity contribution in [1.29, 1.82) is 0 Å². The molecule has 0 saturated carbocycles. The Balaban J connectivity index is 0. The molecule has 0 aromatic heterocycles. The van der Waals surface area contributed by atoms with Crippen LogP contribution in [0.2, 0.25) is 0 Å². The Hall–Kier alpha value is -0.270. The molecule has 0 aromatic carbocycles. The van der Waals surface area contributed by atoms with Crippen LogP contribution in [0.3, 0.4) is 0 Å². The predicted octanol–water partition coefficient (Wildman–Crippen LogP) is -1.04. The molecule has 4 heteroatoms. The van der Waals surface area contributed by atoms with E-state index in [0.717, 1.165) is 0 Å². The van der Waals surface area contributed by atoms with Gasteiger partial charge in [0.2, 0.25) is 0 Å². The van der Waals surface area contributed by atoms with Crippen LogP contribution in [0.5, 0.6) is 0 Å². The summed E-state index contributed by atoms with van der Waals surface area (Å²) in [5.74, 6) is 3.54. The van der Waals surface area contributed by atoms with E-state index in [1.807, 2.05) is 0 Å². The molecule has 0 rings (SSSR count). The van der Waals surface area contributed by atoms with E-state index in [9.17, 15) is 0 Å². The minimum Gasteiger partial charge on any atom is -0.291 e. The molecule has 0 fully saturated rings. The molecule has 0 aliphatic heterocycles. The summed E-state index contributed by atoms with van der Waals surface area (Å²) >= 11 is 0. The zero-order chi connectivity index (χ0) is 5.91. The lowest BCUT2D eigenvalue weighted by molar-refractivity contribution is 0.606. The zero-order valence-corrected chi connectivity index (χ0v) is 5.46. The molecule has 0 radical (unpaired) electrons. The Labute approximate surface area is 55.0 Å². The highest BCUT2D eigenvalue weighted by Crippen LogP contribution is 1.67. The third-order valence-electron chi connectivity index (χ3n) is 0.342. The highest BCUT2D eigenvalue weighted by molar-refractivity contribution is 5.85. The average Bonchev–Trinajstić information content (AvgIpc) is 1.30. The molecule has 48 valence electrons. The van der Waals surface area contributed by atoms with Crippen molar-refractivity contribution < 1.29 is 0 Å². The minimum absolute atomic E-state index is 0. The van der Waals surface area contributed by atoms with E-state index in [1.54, 1.807) is 6.92 Å². The Morgan fingerprint density at radius 2 is 1.62 bits per heavy atom. The van der Waals surface area contributed by atoms with Crippen LogP contribution in [0.4, 0.5) is 0 Å². The summed E-state index contributed by atoms with van der Waals surface area (Å²) < 4.78 is 0. The maximum atomic E-state index is 5.03. The van der Waals surface area contributed by atoms with E-state index in [4.69, 9.17) is 17.2 Å². The molecular weight excluding hydrogens is 126 g/mol. The van der Waals surface area contributed by atoms with Crippen LogP contribution >= 0.6 is 12.4 Å². The van der Waals surface area contributed by atoms with E-state index in [-0.39, 0.29) is 12.4 Å². The monoisotopic (exact) mass is 135 g/mol. The van der Waals surface area contributed by atoms with Gasteiger partial charge >= 0.3 is 0 Å². The van der Waals surface area contributed by atoms with Crippen molar-refractivity contribution in [3.05, 3.63) is 0 Å². The standard InChI is InChI=1S/C4H9N3.ClH/c1-2-3-4(5,6)7;/h5-7H2,1H3;1H. The van der Waals surface area contributed by atoms with Crippen molar-refractivity contribution >= 4 is 12.4 Å². The van der Waals surface area contributed by atoms with Crippen LogP contribution in [0.15, 0.2) is 0 Å². The summed E-state index contributed by atoms with van der Waals surface area (Å²) in [6.07, 6.45) is 0. The van der Waals surface area contributed by atoms with Crippen LogP contribution in [0, 0.1) is 11.8 Å². The molecule has 0 aromatic rings. The Kier molecular flexibility index (Phi) is 4.93. The van der Waals surface area contributed by atoms with Gasteiger partial charge in [0.25, 0.3) is 0 Å². The normalized spacial score (nSPS) is 8.50. The van der Waals surface area contributed by atoms with E-state index >= 15 is 0 Å². The summed E-state index contributed by atoms with van der Waals surface area (Å²) in [7, 11) is 0. The number of hydrogen-bond acceptors (Lipinski definition) is 3. The quantitative estimate of drug-likeness (QED) is 0.293. The largest absolute Gasteiger partial charge is 0.291 e. The molecule has 3 nitrogen and oxygen atoms in total. The molecule has 0 saturated heterocycles. The van der Waals surface area contributed by atoms with Crippen molar-refractivity contribution in [1.82, 2.24) is 0 Å². The third-order valence-corrected chi connectivity index (χ3v) is 0.342. The van der Waals surface area contributed by atoms with Gasteiger partial charge in [-0.15, -0.1) is 18.3 Å². The van der Waals surface area contributed by atoms with Crippen LogP contribution in [-0.4, -0.2) is 5.79 Å². The van der Waals surface area contributed by atoms with Crippen LogP contribution in [0.25, 0.3) is 0 Å². The first kappa shape index (κ1) is 10.7. The summed E-state index contributed by atoms with van der Waals surface area (Å²) in [6, 6.07) is 0. The SMILES string of the molecule is CC#CC(N)(N)N.Cl. The molecule has 0 unspecified atom stereocenters. The van der Waals surface area contributed by atoms with Crippen molar-refractivity contribution in [2.75, 3.05) is 0 Å². The van der Waals surface area contributed by atoms with Gasteiger partial charge in [0.05, 0.1) is 0 Å². The number of halogens is 1. The van der Waals surface area contributed by atoms with Crippen molar-refractivity contribution in [2.24, 2.45) is 17.2 Å². The van der Waals surface area contributed by atoms with Gasteiger partial charge < -0.3 is 0 Å². The Morgan fingerprint density at radius 3 is 1.62 bits per heavy atom. The predicted molar refractivity (Wildman–Crippen MR) is 36.0 cm³/mol. The zero-order valence-electron chi connectivity index (χ0n) is 4.64. The lowest BCUT2D eigenvalue weighted by Gasteiger charge is -2.06. The first-order valence-electron chi connectivity index (χ1n) is 1.87. The van der Waals surface area contributed by atoms with Crippen LogP contribution in [-0.2, 0) is 0 Å². The lowest BCUT2D eigenvalue weighted by Crippen LogP contribution is -2.56. The second kappa shape index (κ2) is 3.70. The molecule has 0 aliphatic rings. The van der Waals surface area contributed by atoms with E-state index < -0.39 is 5.79 Å². The van der Waals surface area contributed by atoms with Crippen LogP contribution in [0.1, 0.15) is 6.92 Å². The fraction of sp³-hybridized carbons (Fsp3) is 0.500. The van der Waals surface area contributed by atoms with Crippen molar-refractivity contribution in [3.63, 3.8) is 0 Å². The number of hydrogen-bond donors (Lipinski definition) is 3. The highest BCUT2D eigenvalue weighted by Gasteiger charge is 2.02. The van der Waals surface area contributed by atoms with Gasteiger partial charge in [0.1, 0.15) is 0 Å². The fourth-order valence-electron chi connectivity index (χ4n) is 0.217. The lowest BCUT2D eigenvalue weighted by atomic mass is 10.4. The molecule has 0 bridgehead atoms. The molecule has 0 heterocycles. The number of rotatable bonds is 0. The first-order chi connectivity index (χ1) is 3.06. The van der Waals surface area contributed by atoms with E-state index in [0.29, 0.717) is 0 Å². The maximum Gasteiger partial charge on any atom is 0.181 e. The smallest absolute Gasteiger partial charge is 0.181 e. The third kappa shape index (κ3) is 9.21. The van der Waals surface area contributed by atoms with Gasteiger partial charge in [-0.3, -0.25) is 17.2 Å². The molecular formula is C4H10ClN3. The Bertz CT molecular complexity index is 105. The summed E-state index contributed by atoms with van der Waals surface area (Å²) in [5, 5.41) is 0. The summed E-state index contributed by atoms with van der Waals surface area (Å²) in [6.45, 7) is 1.63. The summed E-state index contributed by atoms with van der Waals surface area (Å²) in [5.41, 5.74) is 15.1. The van der Waals surface area contributed by atoms with Crippen LogP contribution < -0.4 is 17.2 Å². The molecule has 6 N–H and O–H groups in total. The maximum absolute atomic E-state index is 5.03. The molecule has 0 atom stereocenters. The van der Waals surface area contributed by atoms with Gasteiger partial charge in [-0.25, -0.2) is 0 Å². The van der Waals surface area contributed by atoms with Gasteiger partial charge in [0, 0.05) is 0 Å². The fourth-order valence-corrected chi connectivity index (χ4v) is 0.217. The topological polar surface area (TPSA) is 78.1 Å². The second-order valence-electron chi connectivity index (χ2n) is 1.31. The molecule has 0 spiro atoms. The van der Waals surface area contributed by atoms with Crippen molar-refractivity contribution in [3.8, 4) is 11.8 Å². The van der Waals surface area contributed by atoms with Gasteiger partial charge in [-0.1, -0.05) is 0 Å². The van der Waals surface area contributed by atoms with E-state index in [2.05, 4.69) is 11.8 Å². The highest BCUT2D eigenvalue weighted by atomic mass is 35.5. The molecule has 0 aliphatic carbocycles. The molecule has 8 heavy (non-hydrogen) atoms. The second-order valence-corrected chi connectivity index (χ2v) is 1.31. The molecule has 0 amide bonds.